The Morgan fingerprint density at radius 2 is 1.87 bits per heavy atom. The van der Waals surface area contributed by atoms with Crippen molar-refractivity contribution in [2.24, 2.45) is 0 Å². The number of carbonyl (C=O) groups excluding carboxylic acids is 1. The third-order valence-electron chi connectivity index (χ3n) is 4.41. The minimum absolute atomic E-state index is 0.0177. The predicted octanol–water partition coefficient (Wildman–Crippen LogP) is 4.44. The fourth-order valence-electron chi connectivity index (χ4n) is 2.84. The van der Waals surface area contributed by atoms with Gasteiger partial charge in [-0.1, -0.05) is 19.4 Å². The molecule has 1 amide bonds. The number of amides is 1. The van der Waals surface area contributed by atoms with E-state index >= 15 is 0 Å². The zero-order chi connectivity index (χ0) is 23.4. The van der Waals surface area contributed by atoms with Crippen molar-refractivity contribution < 1.29 is 30.8 Å². The molecule has 0 unspecified atom stereocenters. The average Bonchev–Trinajstić information content (AvgIpc) is 2.65. The van der Waals surface area contributed by atoms with Crippen LogP contribution >= 0.6 is 0 Å². The van der Waals surface area contributed by atoms with Crippen LogP contribution in [0.15, 0.2) is 30.3 Å². The van der Waals surface area contributed by atoms with Crippen molar-refractivity contribution in [3.8, 4) is 0 Å². The lowest BCUT2D eigenvalue weighted by Crippen LogP contribution is -2.28. The van der Waals surface area contributed by atoms with Crippen LogP contribution in [0.3, 0.4) is 0 Å². The molecule has 1 atom stereocenters. The number of nitrogens with one attached hydrogen (secondary N) is 2. The first-order chi connectivity index (χ1) is 14.3. The summed E-state index contributed by atoms with van der Waals surface area (Å²) in [5, 5.41) is 2.62. The summed E-state index contributed by atoms with van der Waals surface area (Å²) in [5.41, 5.74) is -0.901. The van der Waals surface area contributed by atoms with Crippen LogP contribution in [0, 0.1) is 5.82 Å². The van der Waals surface area contributed by atoms with Crippen molar-refractivity contribution >= 4 is 21.6 Å². The molecule has 2 aromatic rings. The van der Waals surface area contributed by atoms with Gasteiger partial charge in [0.25, 0.3) is 5.91 Å². The van der Waals surface area contributed by atoms with Gasteiger partial charge in [-0.15, -0.1) is 0 Å². The fraction of sp³-hybridized carbons (Fsp3) is 0.400. The van der Waals surface area contributed by atoms with Crippen LogP contribution in [0.1, 0.15) is 60.0 Å². The summed E-state index contributed by atoms with van der Waals surface area (Å²) in [6, 6.07) is 4.87. The maximum Gasteiger partial charge on any atom is 0.433 e. The second kappa shape index (κ2) is 9.63. The summed E-state index contributed by atoms with van der Waals surface area (Å²) in [6.07, 6.45) is -2.26. The molecule has 0 fully saturated rings. The molecule has 0 spiro atoms. The Balaban J connectivity index is 2.25. The van der Waals surface area contributed by atoms with Crippen molar-refractivity contribution in [3.63, 3.8) is 0 Å². The molecule has 2 rings (SSSR count). The molecule has 0 aliphatic heterocycles. The third kappa shape index (κ3) is 6.91. The monoisotopic (exact) mass is 461 g/mol. The zero-order valence-corrected chi connectivity index (χ0v) is 18.0. The van der Waals surface area contributed by atoms with Gasteiger partial charge >= 0.3 is 6.18 Å². The molecule has 0 saturated carbocycles. The third-order valence-corrected chi connectivity index (χ3v) is 5.00. The van der Waals surface area contributed by atoms with Gasteiger partial charge in [0.1, 0.15) is 11.5 Å². The highest BCUT2D eigenvalue weighted by molar-refractivity contribution is 7.92. The van der Waals surface area contributed by atoms with Gasteiger partial charge in [-0.2, -0.15) is 13.2 Å². The second-order valence-corrected chi connectivity index (χ2v) is 8.85. The van der Waals surface area contributed by atoms with Crippen molar-refractivity contribution in [3.05, 3.63) is 58.7 Å². The summed E-state index contributed by atoms with van der Waals surface area (Å²) in [4.78, 5) is 16.3. The van der Waals surface area contributed by atoms with Crippen molar-refractivity contribution in [1.29, 1.82) is 0 Å². The number of hydrogen-bond donors (Lipinski definition) is 2. The van der Waals surface area contributed by atoms with Crippen LogP contribution in [0.2, 0.25) is 0 Å². The number of anilines is 1. The summed E-state index contributed by atoms with van der Waals surface area (Å²) < 4.78 is 77.7. The number of sulfonamides is 1. The van der Waals surface area contributed by atoms with E-state index in [1.165, 1.54) is 12.1 Å². The van der Waals surface area contributed by atoms with Crippen LogP contribution in [0.25, 0.3) is 0 Å². The summed E-state index contributed by atoms with van der Waals surface area (Å²) >= 11 is 0. The molecule has 0 saturated heterocycles. The number of aromatic nitrogens is 1. The number of benzene rings is 1. The number of aryl methyl sites for hydroxylation is 1. The molecule has 6 nitrogen and oxygen atoms in total. The molecule has 2 N–H and O–H groups in total. The van der Waals surface area contributed by atoms with E-state index in [2.05, 4.69) is 10.3 Å². The number of nitrogens with zero attached hydrogens (tertiary/aromatic N) is 1. The Labute approximate surface area is 178 Å². The predicted molar refractivity (Wildman–Crippen MR) is 109 cm³/mol. The zero-order valence-electron chi connectivity index (χ0n) is 17.2. The van der Waals surface area contributed by atoms with Gasteiger partial charge in [-0.05, 0) is 49.6 Å². The van der Waals surface area contributed by atoms with E-state index in [1.54, 1.807) is 6.92 Å². The Bertz CT molecular complexity index is 1060. The molecule has 31 heavy (non-hydrogen) atoms. The molecular formula is C20H23F4N3O3S. The molecule has 0 aliphatic rings. The van der Waals surface area contributed by atoms with E-state index in [4.69, 9.17) is 0 Å². The molecule has 0 radical (unpaired) electrons. The summed E-state index contributed by atoms with van der Waals surface area (Å²) in [7, 11) is -3.66. The molecule has 0 aliphatic carbocycles. The molecule has 1 aromatic heterocycles. The Morgan fingerprint density at radius 1 is 1.19 bits per heavy atom. The van der Waals surface area contributed by atoms with Gasteiger partial charge in [0.2, 0.25) is 10.0 Å². The lowest BCUT2D eigenvalue weighted by atomic mass is 10.0. The van der Waals surface area contributed by atoms with Crippen LogP contribution in [-0.2, 0) is 22.6 Å². The first-order valence-electron chi connectivity index (χ1n) is 9.47. The van der Waals surface area contributed by atoms with Crippen LogP contribution < -0.4 is 10.0 Å². The second-order valence-electron chi connectivity index (χ2n) is 7.10. The van der Waals surface area contributed by atoms with Crippen molar-refractivity contribution in [2.45, 2.75) is 45.3 Å². The number of carbonyl (C=O) groups is 1. The van der Waals surface area contributed by atoms with Gasteiger partial charge in [0, 0.05) is 0 Å². The molecule has 1 aromatic carbocycles. The molecule has 170 valence electrons. The van der Waals surface area contributed by atoms with Gasteiger partial charge in [0.15, 0.2) is 0 Å². The van der Waals surface area contributed by atoms with E-state index in [0.717, 1.165) is 24.5 Å². The van der Waals surface area contributed by atoms with E-state index in [0.29, 0.717) is 18.4 Å². The Morgan fingerprint density at radius 3 is 2.42 bits per heavy atom. The minimum Gasteiger partial charge on any atom is -0.345 e. The normalized spacial score (nSPS) is 13.0. The number of halogens is 4. The van der Waals surface area contributed by atoms with Crippen molar-refractivity contribution in [1.82, 2.24) is 10.3 Å². The van der Waals surface area contributed by atoms with Gasteiger partial charge in [-0.3, -0.25) is 9.52 Å². The van der Waals surface area contributed by atoms with E-state index in [-0.39, 0.29) is 23.4 Å². The maximum absolute atomic E-state index is 14.2. The molecule has 0 bridgehead atoms. The van der Waals surface area contributed by atoms with Gasteiger partial charge in [-0.25, -0.2) is 17.8 Å². The summed E-state index contributed by atoms with van der Waals surface area (Å²) in [6.45, 7) is 3.44. The van der Waals surface area contributed by atoms with E-state index in [1.807, 2.05) is 11.6 Å². The molecule has 11 heteroatoms. The molecule has 1 heterocycles. The van der Waals surface area contributed by atoms with Crippen LogP contribution in [0.5, 0.6) is 0 Å². The van der Waals surface area contributed by atoms with E-state index < -0.39 is 39.7 Å². The number of unbranched alkanes of at least 4 members (excludes halogenated alkanes) is 1. The number of rotatable bonds is 8. The maximum atomic E-state index is 14.2. The fourth-order valence-corrected chi connectivity index (χ4v) is 3.41. The Hall–Kier alpha value is -2.69. The number of hydrogen-bond acceptors (Lipinski definition) is 4. The number of alkyl halides is 3. The standard InChI is InChI=1S/C20H23F4N3O3S/c1-4-5-6-16-14(8-10-18(26-16)20(22,23)24)19(28)25-12(2)13-7-9-17(15(21)11-13)27-31(3,29)30/h7-12,27H,4-6H2,1-3H3,(H,25,28)/t12-/m1/s1. The first-order valence-corrected chi connectivity index (χ1v) is 11.4. The highest BCUT2D eigenvalue weighted by Gasteiger charge is 2.33. The first kappa shape index (κ1) is 24.6. The lowest BCUT2D eigenvalue weighted by Gasteiger charge is -2.17. The SMILES string of the molecule is CCCCc1nc(C(F)(F)F)ccc1C(=O)N[C@H](C)c1ccc(NS(C)(=O)=O)c(F)c1. The Kier molecular flexibility index (Phi) is 7.63. The average molecular weight is 461 g/mol. The highest BCUT2D eigenvalue weighted by Crippen LogP contribution is 2.29. The quantitative estimate of drug-likeness (QED) is 0.569. The minimum atomic E-state index is -4.62. The van der Waals surface area contributed by atoms with Crippen molar-refractivity contribution in [2.75, 3.05) is 11.0 Å². The highest BCUT2D eigenvalue weighted by atomic mass is 32.2. The van der Waals surface area contributed by atoms with Crippen LogP contribution in [0.4, 0.5) is 23.2 Å². The molecular weight excluding hydrogens is 438 g/mol. The number of pyridine rings is 1. The van der Waals surface area contributed by atoms with Gasteiger partial charge < -0.3 is 5.32 Å². The van der Waals surface area contributed by atoms with E-state index in [9.17, 15) is 30.8 Å². The summed E-state index contributed by atoms with van der Waals surface area (Å²) in [5.74, 6) is -1.47. The van der Waals surface area contributed by atoms with Crippen LogP contribution in [-0.4, -0.2) is 25.6 Å². The smallest absolute Gasteiger partial charge is 0.345 e. The topological polar surface area (TPSA) is 88.2 Å². The largest absolute Gasteiger partial charge is 0.433 e. The van der Waals surface area contributed by atoms with Gasteiger partial charge in [0.05, 0.1) is 29.2 Å². The lowest BCUT2D eigenvalue weighted by molar-refractivity contribution is -0.141.